The van der Waals surface area contributed by atoms with E-state index >= 15 is 0 Å². The normalized spacial score (nSPS) is 25.3. The van der Waals surface area contributed by atoms with Gasteiger partial charge in [0.2, 0.25) is 5.78 Å². The van der Waals surface area contributed by atoms with Crippen LogP contribution in [0.5, 0.6) is 5.75 Å². The van der Waals surface area contributed by atoms with E-state index in [1.807, 2.05) is 0 Å². The van der Waals surface area contributed by atoms with Crippen LogP contribution in [0.15, 0.2) is 40.5 Å². The molecule has 0 aromatic heterocycles. The van der Waals surface area contributed by atoms with E-state index in [1.165, 1.54) is 13.2 Å². The average molecular weight is 357 g/mol. The van der Waals surface area contributed by atoms with E-state index < -0.39 is 35.0 Å². The SMILES string of the molecule is COc1cccc2c1C(=O)C1=C(C2=O)C(=O)C2CC(Cl)=CCC2C1=O. The summed E-state index contributed by atoms with van der Waals surface area (Å²) >= 11 is 6.02. The zero-order chi connectivity index (χ0) is 17.9. The predicted molar refractivity (Wildman–Crippen MR) is 88.8 cm³/mol. The van der Waals surface area contributed by atoms with Crippen molar-refractivity contribution in [2.45, 2.75) is 12.8 Å². The molecule has 0 saturated carbocycles. The average Bonchev–Trinajstić information content (AvgIpc) is 2.61. The molecule has 0 radical (unpaired) electrons. The van der Waals surface area contributed by atoms with E-state index in [2.05, 4.69) is 0 Å². The van der Waals surface area contributed by atoms with Crippen molar-refractivity contribution in [2.75, 3.05) is 7.11 Å². The fourth-order valence-electron chi connectivity index (χ4n) is 3.87. The summed E-state index contributed by atoms with van der Waals surface area (Å²) in [5, 5.41) is 0.503. The number of hydrogen-bond donors (Lipinski definition) is 0. The number of hydrogen-bond acceptors (Lipinski definition) is 5. The number of Topliss-reactive ketones (excluding diaryl/α,β-unsaturated/α-hetero) is 4. The Hall–Kier alpha value is -2.53. The molecule has 2 atom stereocenters. The zero-order valence-electron chi connectivity index (χ0n) is 13.3. The van der Waals surface area contributed by atoms with Gasteiger partial charge in [0.25, 0.3) is 0 Å². The molecular weight excluding hydrogens is 344 g/mol. The van der Waals surface area contributed by atoms with Gasteiger partial charge >= 0.3 is 0 Å². The molecule has 0 aliphatic heterocycles. The topological polar surface area (TPSA) is 77.5 Å². The Kier molecular flexibility index (Phi) is 3.51. The molecule has 0 spiro atoms. The summed E-state index contributed by atoms with van der Waals surface area (Å²) < 4.78 is 5.18. The van der Waals surface area contributed by atoms with Gasteiger partial charge in [-0.25, -0.2) is 0 Å². The first-order chi connectivity index (χ1) is 12.0. The van der Waals surface area contributed by atoms with Crippen LogP contribution in [-0.4, -0.2) is 30.2 Å². The van der Waals surface area contributed by atoms with Gasteiger partial charge < -0.3 is 4.74 Å². The number of ether oxygens (including phenoxy) is 1. The number of ketones is 4. The fraction of sp³-hybridized carbons (Fsp3) is 0.263. The summed E-state index contributed by atoms with van der Waals surface area (Å²) in [6.45, 7) is 0. The summed E-state index contributed by atoms with van der Waals surface area (Å²) in [5.41, 5.74) is -0.430. The third kappa shape index (κ3) is 2.09. The van der Waals surface area contributed by atoms with Crippen LogP contribution >= 0.6 is 11.6 Å². The molecule has 0 N–H and O–H groups in total. The van der Waals surface area contributed by atoms with Crippen LogP contribution in [0.1, 0.15) is 33.6 Å². The molecule has 3 aliphatic carbocycles. The van der Waals surface area contributed by atoms with Crippen molar-refractivity contribution < 1.29 is 23.9 Å². The smallest absolute Gasteiger partial charge is 0.201 e. The van der Waals surface area contributed by atoms with E-state index in [1.54, 1.807) is 18.2 Å². The third-order valence-corrected chi connectivity index (χ3v) is 5.39. The highest BCUT2D eigenvalue weighted by atomic mass is 35.5. The van der Waals surface area contributed by atoms with Crippen LogP contribution in [0, 0.1) is 11.8 Å². The van der Waals surface area contributed by atoms with Crippen molar-refractivity contribution >= 4 is 34.7 Å². The first-order valence-electron chi connectivity index (χ1n) is 7.89. The number of carbonyl (C=O) groups excluding carboxylic acids is 4. The van der Waals surface area contributed by atoms with Gasteiger partial charge in [0, 0.05) is 22.4 Å². The van der Waals surface area contributed by atoms with E-state index in [9.17, 15) is 19.2 Å². The first-order valence-corrected chi connectivity index (χ1v) is 8.27. The van der Waals surface area contributed by atoms with Gasteiger partial charge in [-0.05, 0) is 18.9 Å². The molecule has 0 fully saturated rings. The molecule has 0 saturated heterocycles. The molecule has 4 rings (SSSR count). The highest BCUT2D eigenvalue weighted by Gasteiger charge is 2.51. The van der Waals surface area contributed by atoms with E-state index in [0.717, 1.165) is 0 Å². The number of fused-ring (bicyclic) bond motifs is 2. The number of carbonyl (C=O) groups is 4. The Bertz CT molecular complexity index is 937. The Morgan fingerprint density at radius 3 is 2.40 bits per heavy atom. The lowest BCUT2D eigenvalue weighted by Crippen LogP contribution is -2.45. The highest BCUT2D eigenvalue weighted by molar-refractivity contribution is 6.46. The number of benzene rings is 1. The molecule has 0 amide bonds. The van der Waals surface area contributed by atoms with Gasteiger partial charge in [-0.2, -0.15) is 0 Å². The van der Waals surface area contributed by atoms with Crippen LogP contribution in [0.25, 0.3) is 0 Å². The minimum absolute atomic E-state index is 0.0535. The maximum atomic E-state index is 13.0. The van der Waals surface area contributed by atoms with E-state index in [4.69, 9.17) is 16.3 Å². The Morgan fingerprint density at radius 2 is 1.68 bits per heavy atom. The number of halogens is 1. The van der Waals surface area contributed by atoms with Crippen molar-refractivity contribution in [1.82, 2.24) is 0 Å². The Labute approximate surface area is 148 Å². The molecule has 25 heavy (non-hydrogen) atoms. The van der Waals surface area contributed by atoms with Crippen molar-refractivity contribution in [3.8, 4) is 5.75 Å². The van der Waals surface area contributed by atoms with Gasteiger partial charge in [-0.1, -0.05) is 29.8 Å². The quantitative estimate of drug-likeness (QED) is 0.723. The summed E-state index contributed by atoms with van der Waals surface area (Å²) in [5.74, 6) is -3.20. The second-order valence-electron chi connectivity index (χ2n) is 6.32. The highest BCUT2D eigenvalue weighted by Crippen LogP contribution is 2.44. The van der Waals surface area contributed by atoms with E-state index in [0.29, 0.717) is 11.5 Å². The molecule has 0 heterocycles. The molecule has 2 unspecified atom stereocenters. The molecule has 0 bridgehead atoms. The maximum absolute atomic E-state index is 13.0. The maximum Gasteiger partial charge on any atom is 0.201 e. The second-order valence-corrected chi connectivity index (χ2v) is 6.81. The van der Waals surface area contributed by atoms with Crippen molar-refractivity contribution in [2.24, 2.45) is 11.8 Å². The lowest BCUT2D eigenvalue weighted by molar-refractivity contribution is -0.130. The molecule has 3 aliphatic rings. The largest absolute Gasteiger partial charge is 0.496 e. The van der Waals surface area contributed by atoms with E-state index in [-0.39, 0.29) is 34.4 Å². The molecule has 1 aromatic rings. The monoisotopic (exact) mass is 356 g/mol. The predicted octanol–water partition coefficient (Wildman–Crippen LogP) is 2.67. The Morgan fingerprint density at radius 1 is 1.00 bits per heavy atom. The molecular formula is C19H13ClO5. The van der Waals surface area contributed by atoms with Crippen molar-refractivity contribution in [3.63, 3.8) is 0 Å². The van der Waals surface area contributed by atoms with Crippen molar-refractivity contribution in [1.29, 1.82) is 0 Å². The summed E-state index contributed by atoms with van der Waals surface area (Å²) in [6.07, 6.45) is 2.22. The van der Waals surface area contributed by atoms with Crippen LogP contribution < -0.4 is 4.74 Å². The van der Waals surface area contributed by atoms with Crippen LogP contribution in [0.2, 0.25) is 0 Å². The van der Waals surface area contributed by atoms with Crippen LogP contribution in [0.4, 0.5) is 0 Å². The van der Waals surface area contributed by atoms with Gasteiger partial charge in [0.15, 0.2) is 17.3 Å². The second kappa shape index (κ2) is 5.49. The lowest BCUT2D eigenvalue weighted by atomic mass is 9.65. The Balaban J connectivity index is 1.93. The van der Waals surface area contributed by atoms with Gasteiger partial charge in [0.1, 0.15) is 5.75 Å². The minimum atomic E-state index is -0.673. The van der Waals surface area contributed by atoms with Gasteiger partial charge in [-0.15, -0.1) is 0 Å². The van der Waals surface area contributed by atoms with Crippen molar-refractivity contribution in [3.05, 3.63) is 51.6 Å². The summed E-state index contributed by atoms with van der Waals surface area (Å²) in [6, 6.07) is 4.60. The zero-order valence-corrected chi connectivity index (χ0v) is 14.1. The molecule has 1 aromatic carbocycles. The first kappa shape index (κ1) is 16.0. The standard InChI is InChI=1S/C19H13ClO5/c1-25-12-4-2-3-10-13(12)19(24)15-14(17(10)22)18(23)11-7-8(20)5-6-9(11)16(15)21/h2-5,9,11H,6-7H2,1H3. The van der Waals surface area contributed by atoms with Gasteiger partial charge in [-0.3, -0.25) is 19.2 Å². The third-order valence-electron chi connectivity index (χ3n) is 5.08. The molecule has 126 valence electrons. The molecule has 6 heteroatoms. The summed E-state index contributed by atoms with van der Waals surface area (Å²) in [7, 11) is 1.38. The number of allylic oxidation sites excluding steroid dienone is 4. The fourth-order valence-corrected chi connectivity index (χ4v) is 4.13. The number of rotatable bonds is 1. The van der Waals surface area contributed by atoms with Gasteiger partial charge in [0.05, 0.1) is 23.8 Å². The molecule has 5 nitrogen and oxygen atoms in total. The van der Waals surface area contributed by atoms with Crippen LogP contribution in [0.3, 0.4) is 0 Å². The lowest BCUT2D eigenvalue weighted by Gasteiger charge is -2.35. The minimum Gasteiger partial charge on any atom is -0.496 e. The summed E-state index contributed by atoms with van der Waals surface area (Å²) in [4.78, 5) is 51.7. The number of methoxy groups -OCH3 is 1. The van der Waals surface area contributed by atoms with Crippen LogP contribution in [-0.2, 0) is 9.59 Å².